The SMILES string of the molecule is Cc1ccc2nc(CO[C@H]3CN(Cc4ccc(C(=O)O)cc4)C[C@H]3F)[nH]c2c1. The molecule has 0 saturated carbocycles. The predicted molar refractivity (Wildman–Crippen MR) is 103 cm³/mol. The van der Waals surface area contributed by atoms with E-state index in [4.69, 9.17) is 9.84 Å². The van der Waals surface area contributed by atoms with Gasteiger partial charge in [0, 0.05) is 19.6 Å². The van der Waals surface area contributed by atoms with Crippen LogP contribution in [0.3, 0.4) is 0 Å². The number of halogens is 1. The van der Waals surface area contributed by atoms with Crippen molar-refractivity contribution >= 4 is 17.0 Å². The molecular formula is C21H22FN3O3. The highest BCUT2D eigenvalue weighted by Gasteiger charge is 2.33. The van der Waals surface area contributed by atoms with Crippen LogP contribution < -0.4 is 0 Å². The van der Waals surface area contributed by atoms with E-state index in [9.17, 15) is 9.18 Å². The Morgan fingerprint density at radius 1 is 1.29 bits per heavy atom. The number of likely N-dealkylation sites (tertiary alicyclic amines) is 1. The van der Waals surface area contributed by atoms with Crippen molar-refractivity contribution < 1.29 is 19.0 Å². The van der Waals surface area contributed by atoms with Crippen LogP contribution in [-0.4, -0.2) is 51.3 Å². The molecule has 1 aliphatic heterocycles. The molecule has 146 valence electrons. The molecule has 6 nitrogen and oxygen atoms in total. The number of rotatable bonds is 6. The number of aryl methyl sites for hydroxylation is 1. The topological polar surface area (TPSA) is 78.4 Å². The number of carbonyl (C=O) groups is 1. The number of carboxylic acids is 1. The number of H-pyrrole nitrogens is 1. The van der Waals surface area contributed by atoms with E-state index < -0.39 is 18.2 Å². The van der Waals surface area contributed by atoms with E-state index in [0.29, 0.717) is 25.5 Å². The van der Waals surface area contributed by atoms with Gasteiger partial charge < -0.3 is 14.8 Å². The Balaban J connectivity index is 1.33. The third-order valence-electron chi connectivity index (χ3n) is 5.00. The molecule has 2 heterocycles. The smallest absolute Gasteiger partial charge is 0.335 e. The second-order valence-corrected chi connectivity index (χ2v) is 7.27. The number of carboxylic acid groups (broad SMARTS) is 1. The molecule has 0 radical (unpaired) electrons. The van der Waals surface area contributed by atoms with Gasteiger partial charge in [0.25, 0.3) is 0 Å². The lowest BCUT2D eigenvalue weighted by Crippen LogP contribution is -2.24. The normalized spacial score (nSPS) is 20.1. The Morgan fingerprint density at radius 3 is 2.82 bits per heavy atom. The first-order chi connectivity index (χ1) is 13.5. The van der Waals surface area contributed by atoms with E-state index in [1.807, 2.05) is 30.0 Å². The monoisotopic (exact) mass is 383 g/mol. The Labute approximate surface area is 162 Å². The average molecular weight is 383 g/mol. The van der Waals surface area contributed by atoms with E-state index >= 15 is 0 Å². The fraction of sp³-hybridized carbons (Fsp3) is 0.333. The molecule has 1 fully saturated rings. The summed E-state index contributed by atoms with van der Waals surface area (Å²) >= 11 is 0. The molecule has 2 aromatic carbocycles. The summed E-state index contributed by atoms with van der Waals surface area (Å²) in [7, 11) is 0. The predicted octanol–water partition coefficient (Wildman–Crippen LogP) is 3.31. The van der Waals surface area contributed by atoms with Crippen LogP contribution in [0.15, 0.2) is 42.5 Å². The minimum atomic E-state index is -1.06. The molecule has 1 aliphatic rings. The van der Waals surface area contributed by atoms with Crippen molar-refractivity contribution in [3.05, 3.63) is 65.0 Å². The maximum Gasteiger partial charge on any atom is 0.335 e. The highest BCUT2D eigenvalue weighted by atomic mass is 19.1. The Kier molecular flexibility index (Phi) is 5.11. The van der Waals surface area contributed by atoms with Crippen LogP contribution in [0, 0.1) is 6.92 Å². The zero-order valence-electron chi connectivity index (χ0n) is 15.6. The van der Waals surface area contributed by atoms with Crippen molar-refractivity contribution in [2.24, 2.45) is 0 Å². The summed E-state index contributed by atoms with van der Waals surface area (Å²) in [6.07, 6.45) is -1.57. The molecule has 2 atom stereocenters. The number of aromatic amines is 1. The highest BCUT2D eigenvalue weighted by Crippen LogP contribution is 2.21. The summed E-state index contributed by atoms with van der Waals surface area (Å²) in [6.45, 7) is 3.60. The molecule has 0 bridgehead atoms. The van der Waals surface area contributed by atoms with Gasteiger partial charge in [0.05, 0.1) is 16.6 Å². The molecule has 7 heteroatoms. The van der Waals surface area contributed by atoms with Crippen LogP contribution in [0.4, 0.5) is 4.39 Å². The molecule has 4 rings (SSSR count). The first kappa shape index (κ1) is 18.6. The van der Waals surface area contributed by atoms with Gasteiger partial charge in [0.2, 0.25) is 0 Å². The average Bonchev–Trinajstić information content (AvgIpc) is 3.22. The number of nitrogens with one attached hydrogen (secondary N) is 1. The van der Waals surface area contributed by atoms with Crippen LogP contribution in [0.2, 0.25) is 0 Å². The number of nitrogens with zero attached hydrogens (tertiary/aromatic N) is 2. The van der Waals surface area contributed by atoms with Crippen LogP contribution in [0.5, 0.6) is 0 Å². The highest BCUT2D eigenvalue weighted by molar-refractivity contribution is 5.87. The number of aromatic nitrogens is 2. The molecule has 0 spiro atoms. The number of benzene rings is 2. The summed E-state index contributed by atoms with van der Waals surface area (Å²) in [5.74, 6) is -0.263. The number of hydrogen-bond acceptors (Lipinski definition) is 4. The van der Waals surface area contributed by atoms with Gasteiger partial charge in [-0.2, -0.15) is 0 Å². The third kappa shape index (κ3) is 4.05. The largest absolute Gasteiger partial charge is 0.478 e. The number of aromatic carboxylic acids is 1. The standard InChI is InChI=1S/C21H22FN3O3/c1-13-2-7-17-18(8-13)24-20(23-17)12-28-19-11-25(10-16(19)22)9-14-3-5-15(6-4-14)21(26)27/h2-8,16,19H,9-12H2,1H3,(H,23,24)(H,26,27)/t16-,19+/m1/s1. The number of hydrogen-bond donors (Lipinski definition) is 2. The summed E-state index contributed by atoms with van der Waals surface area (Å²) in [5, 5.41) is 8.96. The van der Waals surface area contributed by atoms with Crippen molar-refractivity contribution in [3.8, 4) is 0 Å². The molecule has 0 aliphatic carbocycles. The fourth-order valence-corrected chi connectivity index (χ4v) is 3.54. The van der Waals surface area contributed by atoms with Crippen LogP contribution in [0.1, 0.15) is 27.3 Å². The zero-order valence-corrected chi connectivity index (χ0v) is 15.6. The summed E-state index contributed by atoms with van der Waals surface area (Å²) in [4.78, 5) is 20.6. The summed E-state index contributed by atoms with van der Waals surface area (Å²) < 4.78 is 20.2. The van der Waals surface area contributed by atoms with Crippen LogP contribution >= 0.6 is 0 Å². The van der Waals surface area contributed by atoms with Gasteiger partial charge in [-0.15, -0.1) is 0 Å². The molecule has 0 unspecified atom stereocenters. The number of alkyl halides is 1. The second-order valence-electron chi connectivity index (χ2n) is 7.27. The van der Waals surface area contributed by atoms with E-state index in [1.54, 1.807) is 24.3 Å². The lowest BCUT2D eigenvalue weighted by molar-refractivity contribution is 0.00864. The number of ether oxygens (including phenoxy) is 1. The van der Waals surface area contributed by atoms with Crippen molar-refractivity contribution in [2.75, 3.05) is 13.1 Å². The summed E-state index contributed by atoms with van der Waals surface area (Å²) in [6, 6.07) is 12.6. The van der Waals surface area contributed by atoms with Gasteiger partial charge >= 0.3 is 5.97 Å². The second kappa shape index (κ2) is 7.69. The third-order valence-corrected chi connectivity index (χ3v) is 5.00. The lowest BCUT2D eigenvalue weighted by Gasteiger charge is -2.15. The maximum atomic E-state index is 14.4. The minimum Gasteiger partial charge on any atom is -0.478 e. The molecule has 1 aromatic heterocycles. The van der Waals surface area contributed by atoms with E-state index in [0.717, 1.165) is 22.2 Å². The minimum absolute atomic E-state index is 0.236. The lowest BCUT2D eigenvalue weighted by atomic mass is 10.1. The Hall–Kier alpha value is -2.77. The molecule has 28 heavy (non-hydrogen) atoms. The van der Waals surface area contributed by atoms with E-state index in [2.05, 4.69) is 9.97 Å². The Morgan fingerprint density at radius 2 is 2.07 bits per heavy atom. The van der Waals surface area contributed by atoms with Gasteiger partial charge in [-0.3, -0.25) is 4.90 Å². The fourth-order valence-electron chi connectivity index (χ4n) is 3.54. The molecule has 0 amide bonds. The van der Waals surface area contributed by atoms with Crippen molar-refractivity contribution in [3.63, 3.8) is 0 Å². The van der Waals surface area contributed by atoms with Crippen molar-refractivity contribution in [1.29, 1.82) is 0 Å². The van der Waals surface area contributed by atoms with Gasteiger partial charge in [-0.1, -0.05) is 18.2 Å². The summed E-state index contributed by atoms with van der Waals surface area (Å²) in [5.41, 5.74) is 4.17. The Bertz CT molecular complexity index is 986. The first-order valence-corrected chi connectivity index (χ1v) is 9.23. The van der Waals surface area contributed by atoms with Gasteiger partial charge in [0.1, 0.15) is 24.7 Å². The van der Waals surface area contributed by atoms with Crippen molar-refractivity contribution in [2.45, 2.75) is 32.4 Å². The molecular weight excluding hydrogens is 361 g/mol. The van der Waals surface area contributed by atoms with Gasteiger partial charge in [-0.05, 0) is 42.3 Å². The molecule has 2 N–H and O–H groups in total. The number of imidazole rings is 1. The van der Waals surface area contributed by atoms with Gasteiger partial charge in [0.15, 0.2) is 0 Å². The zero-order chi connectivity index (χ0) is 19.7. The maximum absolute atomic E-state index is 14.4. The quantitative estimate of drug-likeness (QED) is 0.683. The number of fused-ring (bicyclic) bond motifs is 1. The van der Waals surface area contributed by atoms with E-state index in [1.165, 1.54) is 0 Å². The molecule has 1 saturated heterocycles. The van der Waals surface area contributed by atoms with Crippen molar-refractivity contribution in [1.82, 2.24) is 14.9 Å². The first-order valence-electron chi connectivity index (χ1n) is 9.23. The van der Waals surface area contributed by atoms with Crippen LogP contribution in [-0.2, 0) is 17.9 Å². The van der Waals surface area contributed by atoms with Crippen LogP contribution in [0.25, 0.3) is 11.0 Å². The molecule has 3 aromatic rings. The van der Waals surface area contributed by atoms with E-state index in [-0.39, 0.29) is 12.2 Å². The van der Waals surface area contributed by atoms with Gasteiger partial charge in [-0.25, -0.2) is 14.2 Å².